The van der Waals surface area contributed by atoms with Crippen molar-refractivity contribution in [3.05, 3.63) is 4.60 Å². The first kappa shape index (κ1) is 14.9. The van der Waals surface area contributed by atoms with Gasteiger partial charge in [0.05, 0.1) is 6.54 Å². The van der Waals surface area contributed by atoms with Gasteiger partial charge in [0.15, 0.2) is 4.60 Å². The van der Waals surface area contributed by atoms with Crippen LogP contribution in [-0.2, 0) is 26.7 Å². The van der Waals surface area contributed by atoms with Crippen LogP contribution in [0.5, 0.6) is 0 Å². The highest BCUT2D eigenvalue weighted by Gasteiger charge is 2.42. The van der Waals surface area contributed by atoms with Crippen LogP contribution in [0.15, 0.2) is 9.63 Å². The second-order valence-electron chi connectivity index (χ2n) is 4.02. The van der Waals surface area contributed by atoms with Gasteiger partial charge >= 0.3 is 5.97 Å². The third-order valence-electron chi connectivity index (χ3n) is 2.71. The van der Waals surface area contributed by atoms with Gasteiger partial charge in [-0.2, -0.15) is 4.31 Å². The molecule has 1 amide bonds. The average Bonchev–Trinajstić information content (AvgIpc) is 2.69. The quantitative estimate of drug-likeness (QED) is 0.640. The first-order valence-electron chi connectivity index (χ1n) is 5.31. The molecule has 2 heterocycles. The van der Waals surface area contributed by atoms with Crippen molar-refractivity contribution in [1.82, 2.24) is 24.6 Å². The molecule has 0 aromatic carbocycles. The smallest absolute Gasteiger partial charge is 0.323 e. The summed E-state index contributed by atoms with van der Waals surface area (Å²) in [4.78, 5) is 22.5. The van der Waals surface area contributed by atoms with E-state index < -0.39 is 34.5 Å². The van der Waals surface area contributed by atoms with E-state index in [0.717, 1.165) is 4.68 Å². The predicted octanol–water partition coefficient (Wildman–Crippen LogP) is -1.85. The van der Waals surface area contributed by atoms with Crippen molar-refractivity contribution in [3.63, 3.8) is 0 Å². The lowest BCUT2D eigenvalue weighted by Crippen LogP contribution is -2.59. The van der Waals surface area contributed by atoms with E-state index >= 15 is 0 Å². The summed E-state index contributed by atoms with van der Waals surface area (Å²) in [5.74, 6) is -1.92. The Morgan fingerprint density at radius 3 is 2.70 bits per heavy atom. The van der Waals surface area contributed by atoms with Gasteiger partial charge in [0.2, 0.25) is 10.9 Å². The van der Waals surface area contributed by atoms with Gasteiger partial charge in [0.1, 0.15) is 6.04 Å². The normalized spacial score (nSPS) is 20.7. The van der Waals surface area contributed by atoms with E-state index in [1.54, 1.807) is 0 Å². The fourth-order valence-electron chi connectivity index (χ4n) is 1.79. The van der Waals surface area contributed by atoms with Crippen molar-refractivity contribution >= 4 is 37.8 Å². The first-order chi connectivity index (χ1) is 9.25. The maximum Gasteiger partial charge on any atom is 0.323 e. The molecule has 1 aromatic rings. The Bertz CT molecular complexity index is 651. The SMILES string of the molecule is Cn1nnc(Br)c1S(=O)(=O)N1CC(=O)NCC1C(=O)O. The average molecular weight is 368 g/mol. The van der Waals surface area contributed by atoms with E-state index in [1.165, 1.54) is 7.05 Å². The summed E-state index contributed by atoms with van der Waals surface area (Å²) in [5, 5.41) is 18.2. The van der Waals surface area contributed by atoms with Gasteiger partial charge in [-0.25, -0.2) is 13.1 Å². The summed E-state index contributed by atoms with van der Waals surface area (Å²) < 4.78 is 26.6. The van der Waals surface area contributed by atoms with Crippen LogP contribution in [0, 0.1) is 0 Å². The fraction of sp³-hybridized carbons (Fsp3) is 0.500. The molecule has 1 aromatic heterocycles. The van der Waals surface area contributed by atoms with Gasteiger partial charge in [-0.3, -0.25) is 9.59 Å². The molecule has 2 N–H and O–H groups in total. The Hall–Kier alpha value is -1.53. The molecule has 0 saturated carbocycles. The number of sulfonamides is 1. The fourth-order valence-corrected chi connectivity index (χ4v) is 4.37. The number of carboxylic acids is 1. The first-order valence-corrected chi connectivity index (χ1v) is 7.55. The monoisotopic (exact) mass is 367 g/mol. The Morgan fingerprint density at radius 1 is 1.55 bits per heavy atom. The highest BCUT2D eigenvalue weighted by molar-refractivity contribution is 9.10. The number of hydrogen-bond donors (Lipinski definition) is 2. The maximum absolute atomic E-state index is 12.5. The minimum atomic E-state index is -4.22. The molecule has 1 atom stereocenters. The Labute approximate surface area is 121 Å². The number of aromatic nitrogens is 3. The number of carbonyl (C=O) groups excluding carboxylic acids is 1. The largest absolute Gasteiger partial charge is 0.480 e. The number of carbonyl (C=O) groups is 2. The van der Waals surface area contributed by atoms with Gasteiger partial charge in [0, 0.05) is 13.6 Å². The molecule has 0 radical (unpaired) electrons. The Kier molecular flexibility index (Phi) is 3.80. The molecular formula is C8H10BrN5O5S. The number of rotatable bonds is 3. The molecule has 20 heavy (non-hydrogen) atoms. The molecule has 1 aliphatic rings. The standard InChI is InChI=1S/C8H10BrN5O5S/c1-13-7(6(9)11-12-13)20(18,19)14-3-5(15)10-2-4(14)8(16)17/h4H,2-3H2,1H3,(H,10,15)(H,16,17). The molecule has 1 fully saturated rings. The van der Waals surface area contributed by atoms with Crippen molar-refractivity contribution in [1.29, 1.82) is 0 Å². The molecule has 0 bridgehead atoms. The zero-order chi connectivity index (χ0) is 15.1. The molecule has 1 saturated heterocycles. The molecule has 1 unspecified atom stereocenters. The lowest BCUT2D eigenvalue weighted by molar-refractivity contribution is -0.143. The van der Waals surface area contributed by atoms with Crippen LogP contribution < -0.4 is 5.32 Å². The van der Waals surface area contributed by atoms with Gasteiger partial charge in [-0.1, -0.05) is 5.21 Å². The van der Waals surface area contributed by atoms with Gasteiger partial charge in [-0.05, 0) is 15.9 Å². The van der Waals surface area contributed by atoms with Crippen molar-refractivity contribution in [2.45, 2.75) is 11.1 Å². The van der Waals surface area contributed by atoms with Crippen molar-refractivity contribution in [3.8, 4) is 0 Å². The van der Waals surface area contributed by atoms with E-state index in [9.17, 15) is 18.0 Å². The molecule has 0 spiro atoms. The highest BCUT2D eigenvalue weighted by Crippen LogP contribution is 2.24. The number of nitrogens with one attached hydrogen (secondary N) is 1. The topological polar surface area (TPSA) is 134 Å². The number of nitrogens with zero attached hydrogens (tertiary/aromatic N) is 4. The van der Waals surface area contributed by atoms with Gasteiger partial charge in [0.25, 0.3) is 10.0 Å². The minimum absolute atomic E-state index is 0.0462. The van der Waals surface area contributed by atoms with Crippen molar-refractivity contribution < 1.29 is 23.1 Å². The summed E-state index contributed by atoms with van der Waals surface area (Å²) in [5.41, 5.74) is 0. The number of hydrogen-bond acceptors (Lipinski definition) is 6. The number of amides is 1. The molecule has 0 aliphatic carbocycles. The lowest BCUT2D eigenvalue weighted by Gasteiger charge is -2.31. The predicted molar refractivity (Wildman–Crippen MR) is 67.0 cm³/mol. The molecule has 110 valence electrons. The van der Waals surface area contributed by atoms with Crippen LogP contribution >= 0.6 is 15.9 Å². The maximum atomic E-state index is 12.5. The van der Waals surface area contributed by atoms with Gasteiger partial charge in [-0.15, -0.1) is 5.10 Å². The van der Waals surface area contributed by atoms with Crippen LogP contribution in [0.25, 0.3) is 0 Å². The molecule has 2 rings (SSSR count). The van der Waals surface area contributed by atoms with Crippen molar-refractivity contribution in [2.75, 3.05) is 13.1 Å². The van der Waals surface area contributed by atoms with E-state index in [-0.39, 0.29) is 16.2 Å². The lowest BCUT2D eigenvalue weighted by atomic mass is 10.2. The van der Waals surface area contributed by atoms with Crippen LogP contribution in [0.3, 0.4) is 0 Å². The molecule has 1 aliphatic heterocycles. The van der Waals surface area contributed by atoms with E-state index in [1.807, 2.05) is 0 Å². The number of piperazine rings is 1. The number of halogens is 1. The summed E-state index contributed by atoms with van der Waals surface area (Å²) in [7, 11) is -2.87. The summed E-state index contributed by atoms with van der Waals surface area (Å²) in [6.45, 7) is -0.868. The molecular weight excluding hydrogens is 358 g/mol. The highest BCUT2D eigenvalue weighted by atomic mass is 79.9. The third-order valence-corrected chi connectivity index (χ3v) is 5.46. The summed E-state index contributed by atoms with van der Waals surface area (Å²) in [6, 6.07) is -1.38. The van der Waals surface area contributed by atoms with Crippen LogP contribution in [-0.4, -0.2) is 63.8 Å². The van der Waals surface area contributed by atoms with E-state index in [2.05, 4.69) is 31.6 Å². The Balaban J connectivity index is 2.50. The summed E-state index contributed by atoms with van der Waals surface area (Å²) >= 11 is 2.94. The second-order valence-corrected chi connectivity index (χ2v) is 6.57. The third kappa shape index (κ3) is 2.41. The van der Waals surface area contributed by atoms with Crippen LogP contribution in [0.4, 0.5) is 0 Å². The molecule has 10 nitrogen and oxygen atoms in total. The Morgan fingerprint density at radius 2 is 2.20 bits per heavy atom. The van der Waals surface area contributed by atoms with E-state index in [0.29, 0.717) is 4.31 Å². The van der Waals surface area contributed by atoms with E-state index in [4.69, 9.17) is 5.11 Å². The zero-order valence-electron chi connectivity index (χ0n) is 10.1. The summed E-state index contributed by atoms with van der Waals surface area (Å²) in [6.07, 6.45) is 0. The zero-order valence-corrected chi connectivity index (χ0v) is 12.5. The minimum Gasteiger partial charge on any atom is -0.480 e. The van der Waals surface area contributed by atoms with Crippen molar-refractivity contribution in [2.24, 2.45) is 7.05 Å². The number of aryl methyl sites for hydroxylation is 1. The number of carboxylic acid groups (broad SMARTS) is 1. The van der Waals surface area contributed by atoms with Gasteiger partial charge < -0.3 is 10.4 Å². The number of aliphatic carboxylic acids is 1. The second kappa shape index (κ2) is 5.10. The van der Waals surface area contributed by atoms with Crippen LogP contribution in [0.1, 0.15) is 0 Å². The molecule has 12 heteroatoms. The van der Waals surface area contributed by atoms with Crippen LogP contribution in [0.2, 0.25) is 0 Å².